The number of nitrogens with zero attached hydrogens (tertiary/aromatic N) is 1. The Morgan fingerprint density at radius 2 is 1.68 bits per heavy atom. The van der Waals surface area contributed by atoms with E-state index in [1.54, 1.807) is 20.4 Å². The molecule has 0 atom stereocenters. The lowest BCUT2D eigenvalue weighted by molar-refractivity contribution is 0.296. The second-order valence-corrected chi connectivity index (χ2v) is 6.36. The summed E-state index contributed by atoms with van der Waals surface area (Å²) in [5.41, 5.74) is 3.23. The number of hydrogen-bond acceptors (Lipinski definition) is 5. The topological polar surface area (TPSA) is 52.6 Å². The standard InChI is InChI=1S/C23H26N2O3/c1-26-21-8-6-18(7-9-21)12-14-24-16-19-15-22(27-2)10-11-23(19)28-17-20-5-3-4-13-25-20/h3-11,13,15,24H,12,14,16-17H2,1-2H3. The number of benzene rings is 2. The Labute approximate surface area is 166 Å². The van der Waals surface area contributed by atoms with Crippen molar-refractivity contribution in [3.63, 3.8) is 0 Å². The number of methoxy groups -OCH3 is 2. The molecule has 0 radical (unpaired) electrons. The normalized spacial score (nSPS) is 10.5. The van der Waals surface area contributed by atoms with Gasteiger partial charge in [0, 0.05) is 18.3 Å². The smallest absolute Gasteiger partial charge is 0.130 e. The maximum atomic E-state index is 5.99. The number of ether oxygens (including phenoxy) is 3. The van der Waals surface area contributed by atoms with Gasteiger partial charge in [-0.2, -0.15) is 0 Å². The predicted molar refractivity (Wildman–Crippen MR) is 110 cm³/mol. The summed E-state index contributed by atoms with van der Waals surface area (Å²) < 4.78 is 16.6. The van der Waals surface area contributed by atoms with Crippen LogP contribution in [0.1, 0.15) is 16.8 Å². The van der Waals surface area contributed by atoms with E-state index >= 15 is 0 Å². The number of nitrogens with one attached hydrogen (secondary N) is 1. The van der Waals surface area contributed by atoms with E-state index in [-0.39, 0.29) is 0 Å². The Kier molecular flexibility index (Phi) is 7.27. The Hall–Kier alpha value is -3.05. The van der Waals surface area contributed by atoms with E-state index in [1.807, 2.05) is 48.5 Å². The van der Waals surface area contributed by atoms with E-state index in [9.17, 15) is 0 Å². The molecule has 0 aliphatic carbocycles. The molecular weight excluding hydrogens is 352 g/mol. The van der Waals surface area contributed by atoms with Crippen LogP contribution in [0, 0.1) is 0 Å². The van der Waals surface area contributed by atoms with Crippen molar-refractivity contribution in [2.45, 2.75) is 19.6 Å². The number of rotatable bonds is 10. The van der Waals surface area contributed by atoms with Crippen LogP contribution in [0.2, 0.25) is 0 Å². The molecule has 0 unspecified atom stereocenters. The summed E-state index contributed by atoms with van der Waals surface area (Å²) in [5.74, 6) is 2.53. The molecule has 5 heteroatoms. The molecule has 0 spiro atoms. The molecule has 1 heterocycles. The quantitative estimate of drug-likeness (QED) is 0.540. The summed E-state index contributed by atoms with van der Waals surface area (Å²) in [6.45, 7) is 2.00. The number of hydrogen-bond donors (Lipinski definition) is 1. The number of pyridine rings is 1. The largest absolute Gasteiger partial charge is 0.497 e. The van der Waals surface area contributed by atoms with Gasteiger partial charge in [-0.3, -0.25) is 4.98 Å². The Morgan fingerprint density at radius 1 is 0.893 bits per heavy atom. The van der Waals surface area contributed by atoms with Crippen molar-refractivity contribution >= 4 is 0 Å². The fraction of sp³-hybridized carbons (Fsp3) is 0.261. The zero-order valence-electron chi connectivity index (χ0n) is 16.4. The van der Waals surface area contributed by atoms with Crippen LogP contribution in [0.5, 0.6) is 17.2 Å². The first-order valence-electron chi connectivity index (χ1n) is 9.32. The summed E-state index contributed by atoms with van der Waals surface area (Å²) in [6.07, 6.45) is 2.71. The van der Waals surface area contributed by atoms with E-state index in [0.29, 0.717) is 13.2 Å². The number of aromatic nitrogens is 1. The van der Waals surface area contributed by atoms with Crippen LogP contribution in [-0.2, 0) is 19.6 Å². The molecule has 28 heavy (non-hydrogen) atoms. The minimum absolute atomic E-state index is 0.437. The molecular formula is C23H26N2O3. The van der Waals surface area contributed by atoms with Crippen LogP contribution in [0.25, 0.3) is 0 Å². The van der Waals surface area contributed by atoms with Crippen LogP contribution in [0.4, 0.5) is 0 Å². The fourth-order valence-corrected chi connectivity index (χ4v) is 2.84. The third-order valence-electron chi connectivity index (χ3n) is 4.43. The highest BCUT2D eigenvalue weighted by atomic mass is 16.5. The predicted octanol–water partition coefficient (Wildman–Crippen LogP) is 4.01. The molecule has 0 amide bonds. The van der Waals surface area contributed by atoms with Gasteiger partial charge in [-0.05, 0) is 61.0 Å². The third-order valence-corrected chi connectivity index (χ3v) is 4.43. The van der Waals surface area contributed by atoms with Gasteiger partial charge in [0.25, 0.3) is 0 Å². The minimum Gasteiger partial charge on any atom is -0.497 e. The molecule has 1 aromatic heterocycles. The van der Waals surface area contributed by atoms with Gasteiger partial charge in [0.05, 0.1) is 19.9 Å². The summed E-state index contributed by atoms with van der Waals surface area (Å²) in [4.78, 5) is 4.30. The lowest BCUT2D eigenvalue weighted by atomic mass is 10.1. The van der Waals surface area contributed by atoms with Gasteiger partial charge in [-0.15, -0.1) is 0 Å². The first-order valence-corrected chi connectivity index (χ1v) is 9.32. The molecule has 0 saturated carbocycles. The SMILES string of the molecule is COc1ccc(CCNCc2cc(OC)ccc2OCc2ccccn2)cc1. The van der Waals surface area contributed by atoms with Crippen molar-refractivity contribution in [3.8, 4) is 17.2 Å². The summed E-state index contributed by atoms with van der Waals surface area (Å²) >= 11 is 0. The van der Waals surface area contributed by atoms with Gasteiger partial charge >= 0.3 is 0 Å². The molecule has 0 aliphatic rings. The van der Waals surface area contributed by atoms with Crippen molar-refractivity contribution in [1.82, 2.24) is 10.3 Å². The molecule has 0 saturated heterocycles. The maximum Gasteiger partial charge on any atom is 0.130 e. The van der Waals surface area contributed by atoms with Crippen LogP contribution in [0.15, 0.2) is 66.9 Å². The van der Waals surface area contributed by atoms with Crippen molar-refractivity contribution in [2.75, 3.05) is 20.8 Å². The second kappa shape index (κ2) is 10.3. The summed E-state index contributed by atoms with van der Waals surface area (Å²) in [6, 6.07) is 19.8. The van der Waals surface area contributed by atoms with Gasteiger partial charge < -0.3 is 19.5 Å². The lowest BCUT2D eigenvalue weighted by Crippen LogP contribution is -2.17. The molecule has 0 aliphatic heterocycles. The van der Waals surface area contributed by atoms with Gasteiger partial charge in [0.1, 0.15) is 23.9 Å². The van der Waals surface area contributed by atoms with Crippen LogP contribution < -0.4 is 19.5 Å². The average molecular weight is 378 g/mol. The van der Waals surface area contributed by atoms with Crippen molar-refractivity contribution in [2.24, 2.45) is 0 Å². The average Bonchev–Trinajstić information content (AvgIpc) is 2.76. The zero-order chi connectivity index (χ0) is 19.6. The Balaban J connectivity index is 1.56. The molecule has 2 aromatic carbocycles. The highest BCUT2D eigenvalue weighted by Gasteiger charge is 2.07. The molecule has 0 bridgehead atoms. The highest BCUT2D eigenvalue weighted by Crippen LogP contribution is 2.25. The molecule has 146 valence electrons. The first kappa shape index (κ1) is 19.7. The van der Waals surface area contributed by atoms with E-state index in [2.05, 4.69) is 22.4 Å². The van der Waals surface area contributed by atoms with E-state index in [1.165, 1.54) is 5.56 Å². The van der Waals surface area contributed by atoms with Gasteiger partial charge in [0.15, 0.2) is 0 Å². The van der Waals surface area contributed by atoms with E-state index in [0.717, 1.165) is 41.5 Å². The second-order valence-electron chi connectivity index (χ2n) is 6.36. The summed E-state index contributed by atoms with van der Waals surface area (Å²) in [7, 11) is 3.35. The highest BCUT2D eigenvalue weighted by molar-refractivity contribution is 5.40. The third kappa shape index (κ3) is 5.72. The molecule has 0 fully saturated rings. The molecule has 5 nitrogen and oxygen atoms in total. The van der Waals surface area contributed by atoms with Crippen LogP contribution >= 0.6 is 0 Å². The maximum absolute atomic E-state index is 5.99. The van der Waals surface area contributed by atoms with E-state index < -0.39 is 0 Å². The van der Waals surface area contributed by atoms with Crippen LogP contribution in [-0.4, -0.2) is 25.7 Å². The van der Waals surface area contributed by atoms with Crippen LogP contribution in [0.3, 0.4) is 0 Å². The van der Waals surface area contributed by atoms with Crippen molar-refractivity contribution < 1.29 is 14.2 Å². The first-order chi connectivity index (χ1) is 13.8. The molecule has 3 rings (SSSR count). The summed E-state index contributed by atoms with van der Waals surface area (Å²) in [5, 5.41) is 3.49. The zero-order valence-corrected chi connectivity index (χ0v) is 16.4. The van der Waals surface area contributed by atoms with Gasteiger partial charge in [0.2, 0.25) is 0 Å². The Morgan fingerprint density at radius 3 is 2.39 bits per heavy atom. The van der Waals surface area contributed by atoms with Gasteiger partial charge in [-0.25, -0.2) is 0 Å². The lowest BCUT2D eigenvalue weighted by Gasteiger charge is -2.14. The van der Waals surface area contributed by atoms with Crippen molar-refractivity contribution in [3.05, 3.63) is 83.7 Å². The molecule has 3 aromatic rings. The molecule has 1 N–H and O–H groups in total. The van der Waals surface area contributed by atoms with E-state index in [4.69, 9.17) is 14.2 Å². The monoisotopic (exact) mass is 378 g/mol. The van der Waals surface area contributed by atoms with Crippen molar-refractivity contribution in [1.29, 1.82) is 0 Å². The van der Waals surface area contributed by atoms with Gasteiger partial charge in [-0.1, -0.05) is 18.2 Å². The Bertz CT molecular complexity index is 851. The fourth-order valence-electron chi connectivity index (χ4n) is 2.84. The minimum atomic E-state index is 0.437.